The molecule has 190 valence electrons. The number of hydrogen-bond acceptors (Lipinski definition) is 5. The molecule has 8 nitrogen and oxygen atoms in total. The number of nitrogens with zero attached hydrogens (tertiary/aromatic N) is 2. The zero-order valence-corrected chi connectivity index (χ0v) is 20.7. The molecule has 1 unspecified atom stereocenters. The van der Waals surface area contributed by atoms with Gasteiger partial charge in [-0.15, -0.1) is 0 Å². The highest BCUT2D eigenvalue weighted by molar-refractivity contribution is 6.28. The van der Waals surface area contributed by atoms with Crippen molar-refractivity contribution in [2.45, 2.75) is 70.3 Å². The molecule has 5 rings (SSSR count). The molecule has 0 aliphatic carbocycles. The lowest BCUT2D eigenvalue weighted by Gasteiger charge is -2.30. The fourth-order valence-electron chi connectivity index (χ4n) is 5.72. The Morgan fingerprint density at radius 1 is 0.972 bits per heavy atom. The number of hydrogen-bond donors (Lipinski definition) is 2. The molecule has 36 heavy (non-hydrogen) atoms. The summed E-state index contributed by atoms with van der Waals surface area (Å²) in [5.41, 5.74) is 1.83. The minimum absolute atomic E-state index is 0.0296. The van der Waals surface area contributed by atoms with E-state index < -0.39 is 11.9 Å². The van der Waals surface area contributed by atoms with Crippen LogP contribution in [0.1, 0.15) is 74.6 Å². The number of benzene rings is 2. The van der Waals surface area contributed by atoms with Crippen LogP contribution in [0.2, 0.25) is 0 Å². The Kier molecular flexibility index (Phi) is 7.32. The molecule has 4 amide bonds. The molecule has 2 N–H and O–H groups in total. The number of unbranched alkanes of at least 4 members (excludes halogenated alkanes) is 3. The van der Waals surface area contributed by atoms with Gasteiger partial charge in [0.2, 0.25) is 17.7 Å². The molecule has 2 aromatic carbocycles. The second-order valence-corrected chi connectivity index (χ2v) is 10.1. The Balaban J connectivity index is 1.20. The van der Waals surface area contributed by atoms with Gasteiger partial charge in [0.15, 0.2) is 0 Å². The molecule has 3 aliphatic rings. The first-order valence-electron chi connectivity index (χ1n) is 13.3. The van der Waals surface area contributed by atoms with E-state index in [0.29, 0.717) is 29.8 Å². The van der Waals surface area contributed by atoms with Crippen LogP contribution in [-0.4, -0.2) is 54.2 Å². The highest BCUT2D eigenvalue weighted by Crippen LogP contribution is 2.42. The molecule has 2 aromatic rings. The second-order valence-electron chi connectivity index (χ2n) is 10.1. The first-order chi connectivity index (χ1) is 17.5. The van der Waals surface area contributed by atoms with Crippen molar-refractivity contribution in [3.8, 4) is 0 Å². The Morgan fingerprint density at radius 3 is 2.58 bits per heavy atom. The fourth-order valence-corrected chi connectivity index (χ4v) is 5.72. The van der Waals surface area contributed by atoms with Crippen LogP contribution >= 0.6 is 0 Å². The summed E-state index contributed by atoms with van der Waals surface area (Å²) in [4.78, 5) is 54.0. The number of carbonyl (C=O) groups excluding carboxylic acids is 4. The number of nitrogens with one attached hydrogen (secondary N) is 2. The van der Waals surface area contributed by atoms with Crippen LogP contribution in [0.4, 0.5) is 11.4 Å². The molecule has 2 saturated heterocycles. The summed E-state index contributed by atoms with van der Waals surface area (Å²) in [5, 5.41) is 6.89. The van der Waals surface area contributed by atoms with E-state index in [1.54, 1.807) is 24.3 Å². The lowest BCUT2D eigenvalue weighted by Crippen LogP contribution is -2.53. The third kappa shape index (κ3) is 5.00. The second kappa shape index (κ2) is 10.8. The van der Waals surface area contributed by atoms with Gasteiger partial charge in [0.05, 0.1) is 5.69 Å². The maximum absolute atomic E-state index is 13.2. The van der Waals surface area contributed by atoms with Gasteiger partial charge in [-0.25, -0.2) is 0 Å². The summed E-state index contributed by atoms with van der Waals surface area (Å²) in [6.45, 7) is 3.63. The van der Waals surface area contributed by atoms with Gasteiger partial charge in [0.1, 0.15) is 6.04 Å². The number of rotatable bonds is 9. The Hall–Kier alpha value is -3.26. The van der Waals surface area contributed by atoms with Crippen LogP contribution < -0.4 is 15.5 Å². The van der Waals surface area contributed by atoms with Crippen molar-refractivity contribution in [2.24, 2.45) is 0 Å². The highest BCUT2D eigenvalue weighted by atomic mass is 16.2. The van der Waals surface area contributed by atoms with Crippen LogP contribution in [0.3, 0.4) is 0 Å². The molecular weight excluding hydrogens is 456 g/mol. The van der Waals surface area contributed by atoms with Gasteiger partial charge in [-0.05, 0) is 69.9 Å². The van der Waals surface area contributed by atoms with Gasteiger partial charge >= 0.3 is 0 Å². The zero-order chi connectivity index (χ0) is 25.1. The summed E-state index contributed by atoms with van der Waals surface area (Å²) < 4.78 is 0. The van der Waals surface area contributed by atoms with E-state index >= 15 is 0 Å². The molecule has 0 spiro atoms. The van der Waals surface area contributed by atoms with E-state index in [0.717, 1.165) is 30.0 Å². The van der Waals surface area contributed by atoms with Crippen molar-refractivity contribution < 1.29 is 19.2 Å². The summed E-state index contributed by atoms with van der Waals surface area (Å²) in [5.74, 6) is -1.05. The lowest BCUT2D eigenvalue weighted by atomic mass is 10.0. The van der Waals surface area contributed by atoms with Crippen LogP contribution in [0.15, 0.2) is 30.3 Å². The molecule has 1 atom stereocenters. The first-order valence-corrected chi connectivity index (χ1v) is 13.3. The number of anilines is 2. The van der Waals surface area contributed by atoms with Crippen LogP contribution in [0, 0.1) is 0 Å². The van der Waals surface area contributed by atoms with E-state index in [2.05, 4.69) is 15.5 Å². The molecule has 0 aromatic heterocycles. The van der Waals surface area contributed by atoms with Gasteiger partial charge in [-0.1, -0.05) is 31.4 Å². The van der Waals surface area contributed by atoms with Crippen molar-refractivity contribution in [3.05, 3.63) is 35.9 Å². The first kappa shape index (κ1) is 24.4. The fraction of sp³-hybridized carbons (Fsp3) is 0.500. The van der Waals surface area contributed by atoms with Crippen LogP contribution in [0.25, 0.3) is 10.8 Å². The predicted octanol–water partition coefficient (Wildman–Crippen LogP) is 3.98. The number of imide groups is 1. The number of likely N-dealkylation sites (tertiary alicyclic amines) is 1. The van der Waals surface area contributed by atoms with Crippen molar-refractivity contribution in [3.63, 3.8) is 0 Å². The van der Waals surface area contributed by atoms with Gasteiger partial charge in [-0.2, -0.15) is 0 Å². The van der Waals surface area contributed by atoms with Crippen molar-refractivity contribution in [2.75, 3.05) is 29.9 Å². The van der Waals surface area contributed by atoms with Crippen molar-refractivity contribution in [1.82, 2.24) is 10.2 Å². The Labute approximate surface area is 211 Å². The molecule has 0 bridgehead atoms. The monoisotopic (exact) mass is 490 g/mol. The van der Waals surface area contributed by atoms with Gasteiger partial charge in [0, 0.05) is 34.9 Å². The van der Waals surface area contributed by atoms with Crippen LogP contribution in [-0.2, 0) is 14.4 Å². The molecule has 8 heteroatoms. The Bertz CT molecular complexity index is 1190. The van der Waals surface area contributed by atoms with E-state index in [1.165, 1.54) is 50.2 Å². The van der Waals surface area contributed by atoms with Gasteiger partial charge in [0.25, 0.3) is 5.91 Å². The minimum Gasteiger partial charge on any atom is -0.326 e. The topological polar surface area (TPSA) is 98.8 Å². The third-order valence-corrected chi connectivity index (χ3v) is 7.60. The standard InChI is InChI=1S/C28H34N4O4/c33-24(11-4-1-2-5-16-31-17-6-3-7-18-31)29-21-12-13-22-26-19(21)9-8-10-20(26)28(36)32(22)23-14-15-25(34)30-27(23)35/h8-10,12-13,23H,1-7,11,14-18H2,(H,29,33)(H,30,34,35). The largest absolute Gasteiger partial charge is 0.326 e. The molecule has 0 saturated carbocycles. The van der Waals surface area contributed by atoms with E-state index in [9.17, 15) is 19.2 Å². The Morgan fingerprint density at radius 2 is 1.78 bits per heavy atom. The normalized spacial score (nSPS) is 20.2. The average molecular weight is 491 g/mol. The van der Waals surface area contributed by atoms with Crippen molar-refractivity contribution in [1.29, 1.82) is 0 Å². The molecule has 2 fully saturated rings. The van der Waals surface area contributed by atoms with E-state index in [1.807, 2.05) is 6.07 Å². The summed E-state index contributed by atoms with van der Waals surface area (Å²) in [6, 6.07) is 8.30. The number of carbonyl (C=O) groups is 4. The van der Waals surface area contributed by atoms with Gasteiger partial charge < -0.3 is 10.2 Å². The maximum Gasteiger partial charge on any atom is 0.259 e. The van der Waals surface area contributed by atoms with Gasteiger partial charge in [-0.3, -0.25) is 29.4 Å². The molecule has 3 heterocycles. The minimum atomic E-state index is -0.721. The summed E-state index contributed by atoms with van der Waals surface area (Å²) in [6.07, 6.45) is 9.19. The molecular formula is C28H34N4O4. The predicted molar refractivity (Wildman–Crippen MR) is 139 cm³/mol. The molecule has 3 aliphatic heterocycles. The van der Waals surface area contributed by atoms with Crippen molar-refractivity contribution >= 4 is 45.8 Å². The summed E-state index contributed by atoms with van der Waals surface area (Å²) >= 11 is 0. The SMILES string of the molecule is O=C1CCC(N2C(=O)c3cccc4c(NC(=O)CCCCCCN5CCCCC5)ccc2c34)C(=O)N1. The van der Waals surface area contributed by atoms with Crippen LogP contribution in [0.5, 0.6) is 0 Å². The third-order valence-electron chi connectivity index (χ3n) is 7.60. The van der Waals surface area contributed by atoms with E-state index in [-0.39, 0.29) is 24.1 Å². The average Bonchev–Trinajstić information content (AvgIpc) is 3.16. The number of piperidine rings is 2. The molecule has 0 radical (unpaired) electrons. The lowest BCUT2D eigenvalue weighted by molar-refractivity contribution is -0.134. The summed E-state index contributed by atoms with van der Waals surface area (Å²) in [7, 11) is 0. The highest BCUT2D eigenvalue weighted by Gasteiger charge is 2.40. The maximum atomic E-state index is 13.2. The number of amides is 4. The smallest absolute Gasteiger partial charge is 0.259 e. The zero-order valence-electron chi connectivity index (χ0n) is 20.7. The quantitative estimate of drug-likeness (QED) is 0.409. The van der Waals surface area contributed by atoms with E-state index in [4.69, 9.17) is 0 Å².